The number of nitrogens with zero attached hydrogens (tertiary/aromatic N) is 2. The first kappa shape index (κ1) is 13.8. The molecule has 0 aromatic rings. The van der Waals surface area contributed by atoms with Gasteiger partial charge in [-0.3, -0.25) is 4.79 Å². The van der Waals surface area contributed by atoms with Crippen LogP contribution in [0.25, 0.3) is 0 Å². The molecule has 1 heterocycles. The summed E-state index contributed by atoms with van der Waals surface area (Å²) < 4.78 is 0. The summed E-state index contributed by atoms with van der Waals surface area (Å²) in [5.74, 6) is 0.333. The maximum Gasteiger partial charge on any atom is 0.230 e. The molecular formula is C14H27N3O. The van der Waals surface area contributed by atoms with Gasteiger partial charge in [-0.05, 0) is 19.9 Å². The summed E-state index contributed by atoms with van der Waals surface area (Å²) in [5.41, 5.74) is 5.74. The fraction of sp³-hybridized carbons (Fsp3) is 0.929. The van der Waals surface area contributed by atoms with Crippen molar-refractivity contribution in [3.63, 3.8) is 0 Å². The number of likely N-dealkylation sites (N-methyl/N-ethyl adjacent to an activating group) is 1. The third-order valence-electron chi connectivity index (χ3n) is 4.70. The normalized spacial score (nSPS) is 25.8. The molecule has 1 aliphatic heterocycles. The quantitative estimate of drug-likeness (QED) is 0.749. The van der Waals surface area contributed by atoms with Crippen molar-refractivity contribution in [1.82, 2.24) is 9.80 Å². The number of amides is 1. The molecule has 2 aliphatic rings. The van der Waals surface area contributed by atoms with Crippen LogP contribution < -0.4 is 5.73 Å². The standard InChI is InChI=1S/C14H27N3O/c1-16-8-10-17(11-9-16)13(18)14(12-15)6-4-2-3-5-7-14/h2-12,15H2,1H3. The zero-order valence-electron chi connectivity index (χ0n) is 11.7. The molecule has 2 fully saturated rings. The van der Waals surface area contributed by atoms with Crippen LogP contribution in [0, 0.1) is 5.41 Å². The van der Waals surface area contributed by atoms with Gasteiger partial charge in [-0.25, -0.2) is 0 Å². The molecule has 1 saturated carbocycles. The largest absolute Gasteiger partial charge is 0.340 e. The third kappa shape index (κ3) is 2.86. The van der Waals surface area contributed by atoms with Crippen molar-refractivity contribution in [1.29, 1.82) is 0 Å². The van der Waals surface area contributed by atoms with Gasteiger partial charge in [0.2, 0.25) is 5.91 Å². The number of carbonyl (C=O) groups is 1. The Bertz CT molecular complexity index is 277. The van der Waals surface area contributed by atoms with E-state index >= 15 is 0 Å². The van der Waals surface area contributed by atoms with Gasteiger partial charge in [0.05, 0.1) is 5.41 Å². The molecule has 1 saturated heterocycles. The molecule has 1 amide bonds. The van der Waals surface area contributed by atoms with Crippen molar-refractivity contribution in [3.8, 4) is 0 Å². The Labute approximate surface area is 110 Å². The second-order valence-electron chi connectivity index (χ2n) is 5.99. The highest BCUT2D eigenvalue weighted by Crippen LogP contribution is 2.36. The summed E-state index contributed by atoms with van der Waals surface area (Å²) in [7, 11) is 2.12. The van der Waals surface area contributed by atoms with E-state index in [4.69, 9.17) is 5.73 Å². The number of hydrogen-bond donors (Lipinski definition) is 1. The number of carbonyl (C=O) groups excluding carboxylic acids is 1. The van der Waals surface area contributed by atoms with Gasteiger partial charge in [0.25, 0.3) is 0 Å². The highest BCUT2D eigenvalue weighted by atomic mass is 16.2. The minimum absolute atomic E-state index is 0.244. The molecule has 2 rings (SSSR count). The Morgan fingerprint density at radius 3 is 2.11 bits per heavy atom. The Balaban J connectivity index is 2.04. The summed E-state index contributed by atoms with van der Waals surface area (Å²) in [6.45, 7) is 4.26. The Hall–Kier alpha value is -0.610. The molecule has 18 heavy (non-hydrogen) atoms. The van der Waals surface area contributed by atoms with Gasteiger partial charge in [-0.1, -0.05) is 25.7 Å². The highest BCUT2D eigenvalue weighted by Gasteiger charge is 2.40. The summed E-state index contributed by atoms with van der Waals surface area (Å²) >= 11 is 0. The van der Waals surface area contributed by atoms with Crippen molar-refractivity contribution in [2.45, 2.75) is 38.5 Å². The van der Waals surface area contributed by atoms with E-state index in [-0.39, 0.29) is 5.41 Å². The first-order valence-corrected chi connectivity index (χ1v) is 7.36. The molecule has 0 unspecified atom stereocenters. The maximum atomic E-state index is 12.8. The van der Waals surface area contributed by atoms with Crippen LogP contribution in [0.5, 0.6) is 0 Å². The monoisotopic (exact) mass is 253 g/mol. The van der Waals surface area contributed by atoms with Crippen LogP contribution in [0.4, 0.5) is 0 Å². The molecule has 2 N–H and O–H groups in total. The lowest BCUT2D eigenvalue weighted by molar-refractivity contribution is -0.144. The lowest BCUT2D eigenvalue weighted by atomic mass is 9.79. The van der Waals surface area contributed by atoms with Crippen LogP contribution in [0.1, 0.15) is 38.5 Å². The van der Waals surface area contributed by atoms with Gasteiger partial charge >= 0.3 is 0 Å². The zero-order chi connectivity index (χ0) is 13.0. The average Bonchev–Trinajstić information content (AvgIpc) is 2.65. The summed E-state index contributed by atoms with van der Waals surface area (Å²) in [6, 6.07) is 0. The van der Waals surface area contributed by atoms with Gasteiger partial charge in [-0.15, -0.1) is 0 Å². The molecule has 104 valence electrons. The molecular weight excluding hydrogens is 226 g/mol. The van der Waals surface area contributed by atoms with Crippen molar-refractivity contribution in [2.75, 3.05) is 39.8 Å². The number of piperazine rings is 1. The fourth-order valence-electron chi connectivity index (χ4n) is 3.26. The molecule has 0 bridgehead atoms. The SMILES string of the molecule is CN1CCN(C(=O)C2(CN)CCCCCC2)CC1. The lowest BCUT2D eigenvalue weighted by Crippen LogP contribution is -2.54. The van der Waals surface area contributed by atoms with Crippen LogP contribution in [0.2, 0.25) is 0 Å². The number of rotatable bonds is 2. The molecule has 0 radical (unpaired) electrons. The van der Waals surface area contributed by atoms with E-state index in [0.29, 0.717) is 12.5 Å². The second kappa shape index (κ2) is 6.02. The van der Waals surface area contributed by atoms with Gasteiger partial charge in [0.15, 0.2) is 0 Å². The lowest BCUT2D eigenvalue weighted by Gasteiger charge is -2.39. The smallest absolute Gasteiger partial charge is 0.230 e. The Kier molecular flexibility index (Phi) is 4.62. The molecule has 0 aromatic carbocycles. The molecule has 0 spiro atoms. The zero-order valence-corrected chi connectivity index (χ0v) is 11.7. The topological polar surface area (TPSA) is 49.6 Å². The highest BCUT2D eigenvalue weighted by molar-refractivity contribution is 5.83. The average molecular weight is 253 g/mol. The van der Waals surface area contributed by atoms with Crippen molar-refractivity contribution < 1.29 is 4.79 Å². The van der Waals surface area contributed by atoms with Crippen LogP contribution in [-0.2, 0) is 4.79 Å². The van der Waals surface area contributed by atoms with Crippen molar-refractivity contribution in [2.24, 2.45) is 11.1 Å². The van der Waals surface area contributed by atoms with E-state index in [1.165, 1.54) is 12.8 Å². The van der Waals surface area contributed by atoms with Gasteiger partial charge in [0, 0.05) is 32.7 Å². The summed E-state index contributed by atoms with van der Waals surface area (Å²) in [4.78, 5) is 17.1. The first-order chi connectivity index (χ1) is 8.68. The predicted octanol–water partition coefficient (Wildman–Crippen LogP) is 1.06. The van der Waals surface area contributed by atoms with Crippen LogP contribution in [0.15, 0.2) is 0 Å². The predicted molar refractivity (Wildman–Crippen MR) is 73.3 cm³/mol. The van der Waals surface area contributed by atoms with Crippen molar-refractivity contribution in [3.05, 3.63) is 0 Å². The Morgan fingerprint density at radius 1 is 1.06 bits per heavy atom. The number of hydrogen-bond acceptors (Lipinski definition) is 3. The van der Waals surface area contributed by atoms with E-state index in [9.17, 15) is 4.79 Å². The summed E-state index contributed by atoms with van der Waals surface area (Å²) in [5, 5.41) is 0. The van der Waals surface area contributed by atoms with E-state index in [2.05, 4.69) is 16.8 Å². The van der Waals surface area contributed by atoms with Gasteiger partial charge in [0.1, 0.15) is 0 Å². The molecule has 4 nitrogen and oxygen atoms in total. The molecule has 1 aliphatic carbocycles. The van der Waals surface area contributed by atoms with E-state index in [1.807, 2.05) is 0 Å². The Morgan fingerprint density at radius 2 is 1.61 bits per heavy atom. The minimum Gasteiger partial charge on any atom is -0.340 e. The first-order valence-electron chi connectivity index (χ1n) is 7.36. The number of nitrogens with two attached hydrogens (primary N) is 1. The summed E-state index contributed by atoms with van der Waals surface area (Å²) in [6.07, 6.45) is 6.84. The van der Waals surface area contributed by atoms with Gasteiger partial charge < -0.3 is 15.5 Å². The molecule has 0 atom stereocenters. The van der Waals surface area contributed by atoms with E-state index in [0.717, 1.165) is 51.9 Å². The third-order valence-corrected chi connectivity index (χ3v) is 4.70. The minimum atomic E-state index is -0.244. The van der Waals surface area contributed by atoms with E-state index < -0.39 is 0 Å². The van der Waals surface area contributed by atoms with Crippen LogP contribution >= 0.6 is 0 Å². The fourth-order valence-corrected chi connectivity index (χ4v) is 3.26. The molecule has 4 heteroatoms. The second-order valence-corrected chi connectivity index (χ2v) is 5.99. The van der Waals surface area contributed by atoms with E-state index in [1.54, 1.807) is 0 Å². The van der Waals surface area contributed by atoms with Crippen LogP contribution in [0.3, 0.4) is 0 Å². The maximum absolute atomic E-state index is 12.8. The van der Waals surface area contributed by atoms with Gasteiger partial charge in [-0.2, -0.15) is 0 Å². The van der Waals surface area contributed by atoms with Crippen LogP contribution in [-0.4, -0.2) is 55.5 Å². The van der Waals surface area contributed by atoms with Crippen molar-refractivity contribution >= 4 is 5.91 Å². The molecule has 0 aromatic heterocycles.